The molecule has 4 rings (SSSR count). The van der Waals surface area contributed by atoms with Crippen molar-refractivity contribution >= 4 is 12.0 Å². The number of hydrogen-bond donors (Lipinski definition) is 2. The first-order valence-corrected chi connectivity index (χ1v) is 13.3. The van der Waals surface area contributed by atoms with Crippen LogP contribution in [0.2, 0.25) is 0 Å². The lowest BCUT2D eigenvalue weighted by Gasteiger charge is -2.51. The van der Waals surface area contributed by atoms with Crippen LogP contribution in [0, 0.1) is 23.2 Å². The largest absolute Gasteiger partial charge is 0.481 e. The van der Waals surface area contributed by atoms with Gasteiger partial charge in [-0.2, -0.15) is 13.2 Å². The van der Waals surface area contributed by atoms with E-state index in [-0.39, 0.29) is 23.4 Å². The minimum absolute atomic E-state index is 0.0348. The lowest BCUT2D eigenvalue weighted by molar-refractivity contribution is -0.155. The summed E-state index contributed by atoms with van der Waals surface area (Å²) < 4.78 is 43.3. The van der Waals surface area contributed by atoms with E-state index in [9.17, 15) is 23.1 Å². The molecular formula is C29H40F3NO2. The SMILES string of the molecule is CCC1CCC(Cc2ccc3c(c2C(F)(F)F)C=C(C(C)N[C@@H]2C[C@H](C(=O)O)C2(C)C)CC3)CC1. The summed E-state index contributed by atoms with van der Waals surface area (Å²) in [4.78, 5) is 11.5. The lowest BCUT2D eigenvalue weighted by atomic mass is 9.58. The van der Waals surface area contributed by atoms with Gasteiger partial charge < -0.3 is 10.4 Å². The standard InChI is InChI=1S/C29H40F3NO2/c1-5-18-6-8-19(9-7-18)14-22-13-11-20-10-12-21(15-23(20)26(22)29(30,31)32)17(2)33-25-16-24(27(34)35)28(25,3)4/h11,13,15,17-19,24-25,33H,5-10,12,14,16H2,1-4H3,(H,34,35)/t17?,18?,19?,24-,25-/m1/s1. The summed E-state index contributed by atoms with van der Waals surface area (Å²) in [7, 11) is 0. The van der Waals surface area contributed by atoms with E-state index in [1.54, 1.807) is 12.1 Å². The highest BCUT2D eigenvalue weighted by Gasteiger charge is 2.52. The van der Waals surface area contributed by atoms with Gasteiger partial charge in [-0.15, -0.1) is 0 Å². The van der Waals surface area contributed by atoms with Crippen LogP contribution in [0.25, 0.3) is 6.08 Å². The Morgan fingerprint density at radius 1 is 1.14 bits per heavy atom. The van der Waals surface area contributed by atoms with Gasteiger partial charge in [-0.1, -0.05) is 63.8 Å². The first-order chi connectivity index (χ1) is 16.4. The molecule has 0 heterocycles. The minimum atomic E-state index is -4.39. The molecule has 6 heteroatoms. The number of fused-ring (bicyclic) bond motifs is 1. The average molecular weight is 492 g/mol. The van der Waals surface area contributed by atoms with Gasteiger partial charge in [0.15, 0.2) is 0 Å². The minimum Gasteiger partial charge on any atom is -0.481 e. The zero-order valence-electron chi connectivity index (χ0n) is 21.5. The number of rotatable bonds is 7. The molecule has 3 atom stereocenters. The Labute approximate surface area is 207 Å². The first kappa shape index (κ1) is 26.2. The van der Waals surface area contributed by atoms with Crippen molar-refractivity contribution in [2.45, 2.75) is 104 Å². The fourth-order valence-electron chi connectivity index (χ4n) is 6.66. The molecule has 0 saturated heterocycles. The van der Waals surface area contributed by atoms with Gasteiger partial charge in [0.05, 0.1) is 11.5 Å². The van der Waals surface area contributed by atoms with Gasteiger partial charge in [-0.3, -0.25) is 4.79 Å². The van der Waals surface area contributed by atoms with Crippen LogP contribution in [0.15, 0.2) is 17.7 Å². The zero-order valence-corrected chi connectivity index (χ0v) is 21.5. The number of nitrogens with one attached hydrogen (secondary N) is 1. The highest BCUT2D eigenvalue weighted by atomic mass is 19.4. The second-order valence-electron chi connectivity index (χ2n) is 11.8. The van der Waals surface area contributed by atoms with Crippen LogP contribution in [-0.4, -0.2) is 23.2 Å². The van der Waals surface area contributed by atoms with Gasteiger partial charge in [0.1, 0.15) is 0 Å². The van der Waals surface area contributed by atoms with Crippen LogP contribution in [-0.2, 0) is 23.8 Å². The van der Waals surface area contributed by atoms with Crippen LogP contribution in [0.1, 0.15) is 94.9 Å². The van der Waals surface area contributed by atoms with Crippen molar-refractivity contribution in [2.75, 3.05) is 0 Å². The number of hydrogen-bond acceptors (Lipinski definition) is 2. The molecule has 3 nitrogen and oxygen atoms in total. The Kier molecular flexibility index (Phi) is 7.43. The Bertz CT molecular complexity index is 973. The molecule has 1 unspecified atom stereocenters. The third-order valence-electron chi connectivity index (χ3n) is 9.34. The second kappa shape index (κ2) is 9.91. The molecule has 3 aliphatic rings. The van der Waals surface area contributed by atoms with Gasteiger partial charge in [0.2, 0.25) is 0 Å². The number of alkyl halides is 3. The van der Waals surface area contributed by atoms with Crippen LogP contribution in [0.5, 0.6) is 0 Å². The van der Waals surface area contributed by atoms with Gasteiger partial charge in [0, 0.05) is 12.1 Å². The molecule has 0 aliphatic heterocycles. The van der Waals surface area contributed by atoms with E-state index in [1.165, 1.54) is 0 Å². The van der Waals surface area contributed by atoms with E-state index in [0.717, 1.165) is 49.2 Å². The van der Waals surface area contributed by atoms with Crippen LogP contribution >= 0.6 is 0 Å². The molecule has 3 aliphatic carbocycles. The Hall–Kier alpha value is -1.82. The molecule has 2 N–H and O–H groups in total. The number of halogens is 3. The maximum absolute atomic E-state index is 14.4. The number of carboxylic acids is 1. The third-order valence-corrected chi connectivity index (χ3v) is 9.34. The van der Waals surface area contributed by atoms with Gasteiger partial charge in [0.25, 0.3) is 0 Å². The summed E-state index contributed by atoms with van der Waals surface area (Å²) in [5.74, 6) is -0.118. The van der Waals surface area contributed by atoms with Crippen molar-refractivity contribution in [2.24, 2.45) is 23.2 Å². The number of aryl methyl sites for hydroxylation is 1. The molecule has 0 spiro atoms. The van der Waals surface area contributed by atoms with Crippen molar-refractivity contribution in [3.05, 3.63) is 40.0 Å². The highest BCUT2D eigenvalue weighted by molar-refractivity contribution is 5.73. The number of benzene rings is 1. The van der Waals surface area contributed by atoms with E-state index < -0.39 is 17.7 Å². The van der Waals surface area contributed by atoms with Crippen molar-refractivity contribution in [1.29, 1.82) is 0 Å². The lowest BCUT2D eigenvalue weighted by Crippen LogP contribution is -2.61. The first-order valence-electron chi connectivity index (χ1n) is 13.3. The van der Waals surface area contributed by atoms with E-state index in [4.69, 9.17) is 0 Å². The van der Waals surface area contributed by atoms with E-state index >= 15 is 0 Å². The zero-order chi connectivity index (χ0) is 25.5. The molecular weight excluding hydrogens is 451 g/mol. The summed E-state index contributed by atoms with van der Waals surface area (Å²) >= 11 is 0. The van der Waals surface area contributed by atoms with Crippen molar-refractivity contribution in [3.8, 4) is 0 Å². The Morgan fingerprint density at radius 3 is 2.37 bits per heavy atom. The molecule has 0 amide bonds. The Balaban J connectivity index is 1.56. The molecule has 0 aromatic heterocycles. The predicted octanol–water partition coefficient (Wildman–Crippen LogP) is 7.27. The van der Waals surface area contributed by atoms with Crippen molar-refractivity contribution in [1.82, 2.24) is 5.32 Å². The van der Waals surface area contributed by atoms with E-state index in [1.807, 2.05) is 26.8 Å². The van der Waals surface area contributed by atoms with E-state index in [2.05, 4.69) is 12.2 Å². The predicted molar refractivity (Wildman–Crippen MR) is 133 cm³/mol. The molecule has 1 aromatic carbocycles. The normalized spacial score (nSPS) is 29.1. The number of aliphatic carboxylic acids is 1. The molecule has 194 valence electrons. The van der Waals surface area contributed by atoms with Crippen LogP contribution in [0.4, 0.5) is 13.2 Å². The summed E-state index contributed by atoms with van der Waals surface area (Å²) in [6, 6.07) is 3.58. The number of carboxylic acid groups (broad SMARTS) is 1. The average Bonchev–Trinajstić information content (AvgIpc) is 2.80. The van der Waals surface area contributed by atoms with Gasteiger partial charge >= 0.3 is 12.1 Å². The fourth-order valence-corrected chi connectivity index (χ4v) is 6.66. The van der Waals surface area contributed by atoms with Gasteiger partial charge in [-0.05, 0) is 79.4 Å². The molecule has 2 saturated carbocycles. The molecule has 2 fully saturated rings. The summed E-state index contributed by atoms with van der Waals surface area (Å²) in [6.07, 6.45) is 5.21. The van der Waals surface area contributed by atoms with Crippen LogP contribution < -0.4 is 5.32 Å². The molecule has 35 heavy (non-hydrogen) atoms. The molecule has 0 radical (unpaired) electrons. The molecule has 1 aromatic rings. The highest BCUT2D eigenvalue weighted by Crippen LogP contribution is 2.47. The summed E-state index contributed by atoms with van der Waals surface area (Å²) in [5, 5.41) is 12.9. The summed E-state index contributed by atoms with van der Waals surface area (Å²) in [6.45, 7) is 8.09. The summed E-state index contributed by atoms with van der Waals surface area (Å²) in [5.41, 5.74) is 1.72. The maximum Gasteiger partial charge on any atom is 0.417 e. The Morgan fingerprint density at radius 2 is 1.80 bits per heavy atom. The van der Waals surface area contributed by atoms with Crippen molar-refractivity contribution in [3.63, 3.8) is 0 Å². The second-order valence-corrected chi connectivity index (χ2v) is 11.8. The fraction of sp³-hybridized carbons (Fsp3) is 0.690. The quantitative estimate of drug-likeness (QED) is 0.422. The topological polar surface area (TPSA) is 49.3 Å². The van der Waals surface area contributed by atoms with E-state index in [0.29, 0.717) is 42.7 Å². The van der Waals surface area contributed by atoms with Crippen molar-refractivity contribution < 1.29 is 23.1 Å². The maximum atomic E-state index is 14.4. The molecule has 0 bridgehead atoms. The van der Waals surface area contributed by atoms with Gasteiger partial charge in [-0.25, -0.2) is 0 Å². The van der Waals surface area contributed by atoms with Crippen LogP contribution in [0.3, 0.4) is 0 Å². The smallest absolute Gasteiger partial charge is 0.417 e. The number of carbonyl (C=O) groups is 1. The third kappa shape index (κ3) is 5.33. The monoisotopic (exact) mass is 491 g/mol.